The number of hydrogen-bond donors (Lipinski definition) is 3. The summed E-state index contributed by atoms with van der Waals surface area (Å²) in [5.74, 6) is -2.57. The summed E-state index contributed by atoms with van der Waals surface area (Å²) in [4.78, 5) is 33.8. The van der Waals surface area contributed by atoms with Crippen molar-refractivity contribution < 1.29 is 19.5 Å². The number of primary amides is 1. The van der Waals surface area contributed by atoms with Gasteiger partial charge in [0.15, 0.2) is 0 Å². The van der Waals surface area contributed by atoms with Gasteiger partial charge in [0.05, 0.1) is 11.8 Å². The summed E-state index contributed by atoms with van der Waals surface area (Å²) in [6.45, 7) is 0.407. The highest BCUT2D eigenvalue weighted by atomic mass is 16.4. The van der Waals surface area contributed by atoms with Gasteiger partial charge in [0, 0.05) is 12.1 Å². The number of carbonyl (C=O) groups excluding carboxylic acids is 2. The highest BCUT2D eigenvalue weighted by Crippen LogP contribution is 2.34. The minimum atomic E-state index is -0.907. The van der Waals surface area contributed by atoms with Crippen molar-refractivity contribution in [2.24, 2.45) is 17.6 Å². The van der Waals surface area contributed by atoms with Crippen molar-refractivity contribution in [1.82, 2.24) is 5.32 Å². The van der Waals surface area contributed by atoms with Crippen molar-refractivity contribution in [3.05, 3.63) is 35.4 Å². The van der Waals surface area contributed by atoms with Crippen LogP contribution >= 0.6 is 0 Å². The largest absolute Gasteiger partial charge is 0.481 e. The molecule has 1 aromatic carbocycles. The molecule has 1 aliphatic carbocycles. The van der Waals surface area contributed by atoms with E-state index in [1.165, 1.54) is 0 Å². The van der Waals surface area contributed by atoms with Crippen LogP contribution in [0.25, 0.3) is 0 Å². The van der Waals surface area contributed by atoms with Crippen molar-refractivity contribution in [3.63, 3.8) is 0 Å². The Kier molecular flexibility index (Phi) is 4.57. The summed E-state index contributed by atoms with van der Waals surface area (Å²) < 4.78 is 0. The Morgan fingerprint density at radius 2 is 1.95 bits per heavy atom. The van der Waals surface area contributed by atoms with Gasteiger partial charge >= 0.3 is 5.97 Å². The van der Waals surface area contributed by atoms with Crippen molar-refractivity contribution in [3.8, 4) is 0 Å². The first-order chi connectivity index (χ1) is 9.99. The Bertz CT molecular complexity index is 571. The lowest BCUT2D eigenvalue weighted by atomic mass is 9.73. The predicted octanol–water partition coefficient (Wildman–Crippen LogP) is 0.555. The zero-order valence-electron chi connectivity index (χ0n) is 11.5. The first kappa shape index (κ1) is 15.0. The molecule has 112 valence electrons. The molecule has 21 heavy (non-hydrogen) atoms. The second kappa shape index (κ2) is 6.39. The van der Waals surface area contributed by atoms with Gasteiger partial charge in [-0.3, -0.25) is 14.4 Å². The molecule has 0 spiro atoms. The highest BCUT2D eigenvalue weighted by Gasteiger charge is 2.41. The lowest BCUT2D eigenvalue weighted by Crippen LogP contribution is -2.44. The number of rotatable bonds is 6. The first-order valence-corrected chi connectivity index (χ1v) is 6.88. The molecule has 2 unspecified atom stereocenters. The van der Waals surface area contributed by atoms with E-state index in [0.717, 1.165) is 5.56 Å². The fourth-order valence-electron chi connectivity index (χ4n) is 2.45. The van der Waals surface area contributed by atoms with Gasteiger partial charge in [0.1, 0.15) is 0 Å². The minimum Gasteiger partial charge on any atom is -0.481 e. The van der Waals surface area contributed by atoms with Crippen LogP contribution in [0.5, 0.6) is 0 Å². The number of carbonyl (C=O) groups is 3. The first-order valence-electron chi connectivity index (χ1n) is 6.88. The van der Waals surface area contributed by atoms with Crippen LogP contribution < -0.4 is 11.1 Å². The molecule has 0 radical (unpaired) electrons. The Morgan fingerprint density at radius 1 is 1.24 bits per heavy atom. The lowest BCUT2D eigenvalue weighted by Gasteiger charge is -2.31. The van der Waals surface area contributed by atoms with Crippen molar-refractivity contribution in [2.45, 2.75) is 19.3 Å². The van der Waals surface area contributed by atoms with Crippen LogP contribution in [-0.2, 0) is 16.0 Å². The molecule has 6 nitrogen and oxygen atoms in total. The molecule has 2 atom stereocenters. The van der Waals surface area contributed by atoms with Crippen LogP contribution in [0.15, 0.2) is 24.3 Å². The summed E-state index contributed by atoms with van der Waals surface area (Å²) in [6, 6.07) is 6.92. The van der Waals surface area contributed by atoms with E-state index >= 15 is 0 Å². The molecular formula is C15H18N2O4. The molecule has 2 rings (SSSR count). The Hall–Kier alpha value is -2.37. The van der Waals surface area contributed by atoms with Gasteiger partial charge in [-0.05, 0) is 37.0 Å². The molecular weight excluding hydrogens is 272 g/mol. The normalized spacial score (nSPS) is 20.4. The molecule has 0 aliphatic heterocycles. The van der Waals surface area contributed by atoms with Gasteiger partial charge in [-0.2, -0.15) is 0 Å². The smallest absolute Gasteiger partial charge is 0.307 e. The molecule has 1 aliphatic rings. The van der Waals surface area contributed by atoms with E-state index in [9.17, 15) is 14.4 Å². The van der Waals surface area contributed by atoms with E-state index in [4.69, 9.17) is 10.8 Å². The van der Waals surface area contributed by atoms with Gasteiger partial charge in [-0.25, -0.2) is 0 Å². The molecule has 4 N–H and O–H groups in total. The van der Waals surface area contributed by atoms with E-state index in [0.29, 0.717) is 31.4 Å². The van der Waals surface area contributed by atoms with Crippen LogP contribution in [0.2, 0.25) is 0 Å². The number of amides is 2. The average molecular weight is 290 g/mol. The quantitative estimate of drug-likeness (QED) is 0.710. The van der Waals surface area contributed by atoms with E-state index in [-0.39, 0.29) is 5.91 Å². The molecule has 1 fully saturated rings. The number of carboxylic acids is 1. The number of aliphatic carboxylic acids is 1. The average Bonchev–Trinajstić information content (AvgIpc) is 2.37. The molecule has 0 aromatic heterocycles. The maximum atomic E-state index is 11.9. The molecule has 1 aromatic rings. The Balaban J connectivity index is 1.82. The minimum absolute atomic E-state index is 0.209. The van der Waals surface area contributed by atoms with Crippen LogP contribution in [0.1, 0.15) is 28.8 Å². The number of nitrogens with two attached hydrogens (primary N) is 1. The fourth-order valence-corrected chi connectivity index (χ4v) is 2.45. The molecule has 0 heterocycles. The zero-order valence-corrected chi connectivity index (χ0v) is 11.5. The van der Waals surface area contributed by atoms with E-state index in [2.05, 4.69) is 5.32 Å². The van der Waals surface area contributed by atoms with Crippen molar-refractivity contribution in [1.29, 1.82) is 0 Å². The van der Waals surface area contributed by atoms with Crippen LogP contribution in [0.4, 0.5) is 0 Å². The fraction of sp³-hybridized carbons (Fsp3) is 0.400. The zero-order chi connectivity index (χ0) is 15.4. The summed E-state index contributed by atoms with van der Waals surface area (Å²) in [5, 5.41) is 11.7. The number of carboxylic acid groups (broad SMARTS) is 1. The molecule has 0 saturated heterocycles. The third kappa shape index (κ3) is 3.59. The van der Waals surface area contributed by atoms with Crippen molar-refractivity contribution >= 4 is 17.8 Å². The van der Waals surface area contributed by atoms with E-state index in [1.54, 1.807) is 18.2 Å². The number of hydrogen-bond acceptors (Lipinski definition) is 3. The standard InChI is InChI=1S/C15H18N2O4/c16-13(18)10-3-1-2-9(8-10)6-7-17-14(19)11-4-5-12(11)15(20)21/h1-3,8,11-12H,4-7H2,(H2,16,18)(H,17,19)(H,20,21). The van der Waals surface area contributed by atoms with Crippen molar-refractivity contribution in [2.75, 3.05) is 6.54 Å². The summed E-state index contributed by atoms with van der Waals surface area (Å²) in [7, 11) is 0. The van der Waals surface area contributed by atoms with Crippen LogP contribution in [0, 0.1) is 11.8 Å². The topological polar surface area (TPSA) is 109 Å². The third-order valence-electron chi connectivity index (χ3n) is 3.85. The lowest BCUT2D eigenvalue weighted by molar-refractivity contribution is -0.152. The summed E-state index contributed by atoms with van der Waals surface area (Å²) in [6.07, 6.45) is 1.76. The number of nitrogens with one attached hydrogen (secondary N) is 1. The van der Waals surface area contributed by atoms with Gasteiger partial charge in [-0.1, -0.05) is 12.1 Å². The molecule has 6 heteroatoms. The monoisotopic (exact) mass is 290 g/mol. The molecule has 1 saturated carbocycles. The van der Waals surface area contributed by atoms with Gasteiger partial charge in [-0.15, -0.1) is 0 Å². The van der Waals surface area contributed by atoms with E-state index in [1.807, 2.05) is 6.07 Å². The highest BCUT2D eigenvalue weighted by molar-refractivity contribution is 5.92. The Labute approximate surface area is 122 Å². The predicted molar refractivity (Wildman–Crippen MR) is 75.5 cm³/mol. The molecule has 0 bridgehead atoms. The number of benzene rings is 1. The SMILES string of the molecule is NC(=O)c1cccc(CCNC(=O)C2CCC2C(=O)O)c1. The maximum Gasteiger partial charge on any atom is 0.307 e. The second-order valence-electron chi connectivity index (χ2n) is 5.23. The maximum absolute atomic E-state index is 11.9. The van der Waals surface area contributed by atoms with Gasteiger partial charge in [0.25, 0.3) is 0 Å². The Morgan fingerprint density at radius 3 is 2.52 bits per heavy atom. The summed E-state index contributed by atoms with van der Waals surface area (Å²) >= 11 is 0. The van der Waals surface area contributed by atoms with Gasteiger partial charge in [0.2, 0.25) is 11.8 Å². The van der Waals surface area contributed by atoms with E-state index < -0.39 is 23.7 Å². The second-order valence-corrected chi connectivity index (χ2v) is 5.23. The third-order valence-corrected chi connectivity index (χ3v) is 3.85. The van der Waals surface area contributed by atoms with Crippen LogP contribution in [0.3, 0.4) is 0 Å². The summed E-state index contributed by atoms with van der Waals surface area (Å²) in [5.41, 5.74) is 6.54. The molecule has 2 amide bonds. The van der Waals surface area contributed by atoms with Gasteiger partial charge < -0.3 is 16.2 Å². The van der Waals surface area contributed by atoms with Crippen LogP contribution in [-0.4, -0.2) is 29.4 Å².